The standard InChI is InChI=1S/2C8H13F.2CH4/c2*1-6-3-4-7(2)8(9)5-6;;/h2*6H,3-5H2,1-2H3;2*1H4. The van der Waals surface area contributed by atoms with Gasteiger partial charge in [-0.1, -0.05) is 28.7 Å². The normalized spacial score (nSPS) is 26.1. The van der Waals surface area contributed by atoms with E-state index in [1.54, 1.807) is 0 Å². The molecule has 0 N–H and O–H groups in total. The third-order valence-electron chi connectivity index (χ3n) is 4.01. The van der Waals surface area contributed by atoms with E-state index in [0.29, 0.717) is 24.7 Å². The molecule has 0 aromatic carbocycles. The van der Waals surface area contributed by atoms with Gasteiger partial charge in [0.05, 0.1) is 11.7 Å². The van der Waals surface area contributed by atoms with Crippen molar-refractivity contribution in [1.82, 2.24) is 0 Å². The van der Waals surface area contributed by atoms with Crippen LogP contribution in [0, 0.1) is 11.8 Å². The van der Waals surface area contributed by atoms with Gasteiger partial charge in [-0.05, 0) is 62.5 Å². The van der Waals surface area contributed by atoms with Gasteiger partial charge in [0, 0.05) is 12.8 Å². The molecule has 20 heavy (non-hydrogen) atoms. The van der Waals surface area contributed by atoms with Crippen LogP contribution in [0.15, 0.2) is 22.8 Å². The van der Waals surface area contributed by atoms with Crippen LogP contribution in [0.5, 0.6) is 0 Å². The number of allylic oxidation sites excluding steroid dienone is 4. The largest absolute Gasteiger partial charge is 0.212 e. The molecule has 0 amide bonds. The Labute approximate surface area is 125 Å². The predicted octanol–water partition coefficient (Wildman–Crippen LogP) is 7.37. The molecule has 0 heterocycles. The van der Waals surface area contributed by atoms with Crippen molar-refractivity contribution in [3.8, 4) is 0 Å². The SMILES string of the molecule is C.C.CC1=C(F)CC(C)CC1.CC1=C(F)CC(C)CC1. The van der Waals surface area contributed by atoms with Crippen molar-refractivity contribution < 1.29 is 8.78 Å². The van der Waals surface area contributed by atoms with Gasteiger partial charge in [0.15, 0.2) is 0 Å². The topological polar surface area (TPSA) is 0 Å². The third kappa shape index (κ3) is 7.21. The molecule has 120 valence electrons. The first kappa shape index (κ1) is 21.6. The molecule has 0 spiro atoms. The van der Waals surface area contributed by atoms with Gasteiger partial charge in [0.25, 0.3) is 0 Å². The van der Waals surface area contributed by atoms with Crippen LogP contribution < -0.4 is 0 Å². The van der Waals surface area contributed by atoms with Gasteiger partial charge in [-0.3, -0.25) is 0 Å². The van der Waals surface area contributed by atoms with Crippen molar-refractivity contribution >= 4 is 0 Å². The lowest BCUT2D eigenvalue weighted by Gasteiger charge is -2.17. The Morgan fingerprint density at radius 3 is 1.25 bits per heavy atom. The molecule has 2 aliphatic carbocycles. The first-order chi connectivity index (χ1) is 8.40. The molecule has 0 saturated heterocycles. The van der Waals surface area contributed by atoms with Crippen molar-refractivity contribution in [2.75, 3.05) is 0 Å². The van der Waals surface area contributed by atoms with E-state index in [9.17, 15) is 8.78 Å². The van der Waals surface area contributed by atoms with Gasteiger partial charge in [-0.2, -0.15) is 0 Å². The Bertz CT molecular complexity index is 305. The Balaban J connectivity index is 0. The van der Waals surface area contributed by atoms with E-state index in [2.05, 4.69) is 13.8 Å². The highest BCUT2D eigenvalue weighted by Crippen LogP contribution is 2.29. The maximum absolute atomic E-state index is 12.7. The van der Waals surface area contributed by atoms with Crippen molar-refractivity contribution in [2.24, 2.45) is 11.8 Å². The lowest BCUT2D eigenvalue weighted by Crippen LogP contribution is -2.02. The minimum atomic E-state index is 0. The summed E-state index contributed by atoms with van der Waals surface area (Å²) in [6, 6.07) is 0. The Morgan fingerprint density at radius 1 is 0.750 bits per heavy atom. The molecule has 0 radical (unpaired) electrons. The van der Waals surface area contributed by atoms with Crippen LogP contribution in [0.25, 0.3) is 0 Å². The monoisotopic (exact) mass is 288 g/mol. The van der Waals surface area contributed by atoms with Crippen molar-refractivity contribution in [3.05, 3.63) is 22.8 Å². The highest BCUT2D eigenvalue weighted by Gasteiger charge is 2.14. The van der Waals surface area contributed by atoms with Gasteiger partial charge in [-0.15, -0.1) is 0 Å². The summed E-state index contributed by atoms with van der Waals surface area (Å²) in [5.74, 6) is 1.39. The summed E-state index contributed by atoms with van der Waals surface area (Å²) in [6.07, 6.45) is 5.61. The van der Waals surface area contributed by atoms with E-state index in [-0.39, 0.29) is 26.5 Å². The Kier molecular flexibility index (Phi) is 11.0. The first-order valence-electron chi connectivity index (χ1n) is 7.08. The zero-order valence-corrected chi connectivity index (χ0v) is 12.2. The number of halogens is 2. The highest BCUT2D eigenvalue weighted by molar-refractivity contribution is 5.09. The molecular weight excluding hydrogens is 254 g/mol. The van der Waals surface area contributed by atoms with Gasteiger partial charge in [0.2, 0.25) is 0 Å². The fourth-order valence-electron chi connectivity index (χ4n) is 2.36. The first-order valence-corrected chi connectivity index (χ1v) is 7.08. The van der Waals surface area contributed by atoms with Crippen molar-refractivity contribution in [2.45, 2.75) is 81.1 Å². The fraction of sp³-hybridized carbons (Fsp3) is 0.778. The van der Waals surface area contributed by atoms with Crippen LogP contribution in [0.2, 0.25) is 0 Å². The summed E-state index contributed by atoms with van der Waals surface area (Å²) in [5.41, 5.74) is 1.93. The average Bonchev–Trinajstić information content (AvgIpc) is 2.30. The summed E-state index contributed by atoms with van der Waals surface area (Å²) in [5, 5.41) is 0. The summed E-state index contributed by atoms with van der Waals surface area (Å²) < 4.78 is 25.4. The highest BCUT2D eigenvalue weighted by atomic mass is 19.1. The summed E-state index contributed by atoms with van der Waals surface area (Å²) in [4.78, 5) is 0. The second-order valence-corrected chi connectivity index (χ2v) is 6.07. The molecule has 0 bridgehead atoms. The van der Waals surface area contributed by atoms with Gasteiger partial charge < -0.3 is 0 Å². The average molecular weight is 288 g/mol. The van der Waals surface area contributed by atoms with Crippen LogP contribution in [0.3, 0.4) is 0 Å². The molecule has 0 saturated carbocycles. The van der Waals surface area contributed by atoms with E-state index >= 15 is 0 Å². The summed E-state index contributed by atoms with van der Waals surface area (Å²) in [7, 11) is 0. The molecular formula is C18H34F2. The molecule has 0 aliphatic heterocycles. The lowest BCUT2D eigenvalue weighted by atomic mass is 9.91. The molecule has 0 nitrogen and oxygen atoms in total. The molecule has 2 rings (SSSR count). The van der Waals surface area contributed by atoms with Crippen LogP contribution >= 0.6 is 0 Å². The quantitative estimate of drug-likeness (QED) is 0.436. The third-order valence-corrected chi connectivity index (χ3v) is 4.01. The van der Waals surface area contributed by atoms with E-state index in [0.717, 1.165) is 24.0 Å². The van der Waals surface area contributed by atoms with Gasteiger partial charge in [0.1, 0.15) is 0 Å². The molecule has 2 atom stereocenters. The second kappa shape index (κ2) is 10.1. The zero-order valence-electron chi connectivity index (χ0n) is 12.2. The van der Waals surface area contributed by atoms with Crippen LogP contribution in [0.1, 0.15) is 81.1 Å². The van der Waals surface area contributed by atoms with Crippen LogP contribution in [0.4, 0.5) is 8.78 Å². The molecule has 0 fully saturated rings. The van der Waals surface area contributed by atoms with Crippen molar-refractivity contribution in [3.63, 3.8) is 0 Å². The van der Waals surface area contributed by atoms with Gasteiger partial charge >= 0.3 is 0 Å². The van der Waals surface area contributed by atoms with E-state index in [4.69, 9.17) is 0 Å². The van der Waals surface area contributed by atoms with Crippen molar-refractivity contribution in [1.29, 1.82) is 0 Å². The maximum Gasteiger partial charge on any atom is 0.0991 e. The predicted molar refractivity (Wildman–Crippen MR) is 87.1 cm³/mol. The number of rotatable bonds is 0. The fourth-order valence-corrected chi connectivity index (χ4v) is 2.36. The number of hydrogen-bond donors (Lipinski definition) is 0. The summed E-state index contributed by atoms with van der Waals surface area (Å²) in [6.45, 7) is 7.99. The molecule has 0 aromatic heterocycles. The van der Waals surface area contributed by atoms with E-state index in [1.807, 2.05) is 13.8 Å². The zero-order chi connectivity index (χ0) is 13.7. The minimum absolute atomic E-state index is 0. The minimum Gasteiger partial charge on any atom is -0.212 e. The number of hydrogen-bond acceptors (Lipinski definition) is 0. The molecule has 2 heteroatoms. The second-order valence-electron chi connectivity index (χ2n) is 6.07. The van der Waals surface area contributed by atoms with Crippen LogP contribution in [-0.4, -0.2) is 0 Å². The Hall–Kier alpha value is -0.660. The molecule has 0 aromatic rings. The van der Waals surface area contributed by atoms with E-state index < -0.39 is 0 Å². The lowest BCUT2D eigenvalue weighted by molar-refractivity contribution is 0.422. The maximum atomic E-state index is 12.7. The molecule has 2 unspecified atom stereocenters. The van der Waals surface area contributed by atoms with Crippen LogP contribution in [-0.2, 0) is 0 Å². The smallest absolute Gasteiger partial charge is 0.0991 e. The van der Waals surface area contributed by atoms with Gasteiger partial charge in [-0.25, -0.2) is 8.78 Å². The molecule has 2 aliphatic rings. The Morgan fingerprint density at radius 2 is 1.05 bits per heavy atom. The van der Waals surface area contributed by atoms with E-state index in [1.165, 1.54) is 12.8 Å². The summed E-state index contributed by atoms with van der Waals surface area (Å²) >= 11 is 0.